The zero-order valence-electron chi connectivity index (χ0n) is 11.1. The maximum atomic E-state index is 11.7. The van der Waals surface area contributed by atoms with Crippen LogP contribution in [0.5, 0.6) is 0 Å². The predicted octanol–water partition coefficient (Wildman–Crippen LogP) is 1.88. The van der Waals surface area contributed by atoms with E-state index in [1.807, 2.05) is 14.0 Å². The molecule has 0 radical (unpaired) electrons. The highest BCUT2D eigenvalue weighted by molar-refractivity contribution is 5.77. The fourth-order valence-corrected chi connectivity index (χ4v) is 2.60. The van der Waals surface area contributed by atoms with Gasteiger partial charge in [0.2, 0.25) is 5.91 Å². The van der Waals surface area contributed by atoms with Crippen molar-refractivity contribution in [3.8, 4) is 0 Å². The highest BCUT2D eigenvalue weighted by Crippen LogP contribution is 2.28. The Bertz CT molecular complexity index is 220. The summed E-state index contributed by atoms with van der Waals surface area (Å²) in [5.41, 5.74) is 0. The summed E-state index contributed by atoms with van der Waals surface area (Å²) in [7, 11) is 1.86. The minimum Gasteiger partial charge on any atom is -0.345 e. The number of nitrogens with one attached hydrogen (secondary N) is 1. The molecule has 16 heavy (non-hydrogen) atoms. The highest BCUT2D eigenvalue weighted by Gasteiger charge is 2.27. The molecule has 0 aliphatic heterocycles. The van der Waals surface area contributed by atoms with E-state index in [1.54, 1.807) is 4.90 Å². The van der Waals surface area contributed by atoms with Crippen LogP contribution in [0.15, 0.2) is 0 Å². The molecule has 2 unspecified atom stereocenters. The van der Waals surface area contributed by atoms with Crippen LogP contribution in [-0.4, -0.2) is 37.0 Å². The molecule has 3 heteroatoms. The number of amides is 1. The Kier molecular flexibility index (Phi) is 5.26. The monoisotopic (exact) mass is 226 g/mol. The summed E-state index contributed by atoms with van der Waals surface area (Å²) in [6.45, 7) is 7.87. The van der Waals surface area contributed by atoms with E-state index in [0.29, 0.717) is 24.4 Å². The van der Waals surface area contributed by atoms with E-state index < -0.39 is 0 Å². The van der Waals surface area contributed by atoms with Crippen LogP contribution in [0.1, 0.15) is 40.0 Å². The highest BCUT2D eigenvalue weighted by atomic mass is 16.2. The number of carbonyl (C=O) groups excluding carboxylic acids is 1. The Hall–Kier alpha value is -0.570. The Morgan fingerprint density at radius 2 is 1.88 bits per heavy atom. The third-order valence-electron chi connectivity index (χ3n) is 3.93. The van der Waals surface area contributed by atoms with Gasteiger partial charge < -0.3 is 10.2 Å². The minimum absolute atomic E-state index is 0.201. The first-order chi connectivity index (χ1) is 7.56. The summed E-state index contributed by atoms with van der Waals surface area (Å²) in [5.74, 6) is 1.60. The molecule has 94 valence electrons. The van der Waals surface area contributed by atoms with Gasteiger partial charge >= 0.3 is 0 Å². The van der Waals surface area contributed by atoms with E-state index in [2.05, 4.69) is 19.2 Å². The molecule has 1 fully saturated rings. The second-order valence-electron chi connectivity index (χ2n) is 5.20. The summed E-state index contributed by atoms with van der Waals surface area (Å²) in [5, 5.41) is 3.44. The maximum Gasteiger partial charge on any atom is 0.236 e. The quantitative estimate of drug-likeness (QED) is 0.794. The lowest BCUT2D eigenvalue weighted by Gasteiger charge is -2.35. The molecular formula is C13H26N2O. The number of nitrogens with zero attached hydrogens (tertiary/aromatic N) is 1. The van der Waals surface area contributed by atoms with Crippen molar-refractivity contribution in [3.05, 3.63) is 0 Å². The average Bonchev–Trinajstić information content (AvgIpc) is 2.27. The van der Waals surface area contributed by atoms with E-state index in [9.17, 15) is 4.79 Å². The molecule has 1 aliphatic rings. The van der Waals surface area contributed by atoms with Gasteiger partial charge in [-0.1, -0.05) is 20.3 Å². The van der Waals surface area contributed by atoms with Gasteiger partial charge in [0.25, 0.3) is 0 Å². The van der Waals surface area contributed by atoms with Crippen molar-refractivity contribution in [2.24, 2.45) is 11.8 Å². The van der Waals surface area contributed by atoms with Gasteiger partial charge in [-0.25, -0.2) is 0 Å². The van der Waals surface area contributed by atoms with Crippen LogP contribution >= 0.6 is 0 Å². The average molecular weight is 226 g/mol. The van der Waals surface area contributed by atoms with Gasteiger partial charge in [0.1, 0.15) is 0 Å². The Morgan fingerprint density at radius 1 is 1.31 bits per heavy atom. The first kappa shape index (κ1) is 13.5. The normalized spacial score (nSPS) is 30.1. The van der Waals surface area contributed by atoms with Gasteiger partial charge in [-0.3, -0.25) is 4.79 Å². The first-order valence-corrected chi connectivity index (χ1v) is 6.53. The lowest BCUT2D eigenvalue weighted by molar-refractivity contribution is -0.129. The van der Waals surface area contributed by atoms with E-state index in [-0.39, 0.29) is 5.91 Å². The van der Waals surface area contributed by atoms with Crippen molar-refractivity contribution in [1.29, 1.82) is 0 Å². The van der Waals surface area contributed by atoms with Gasteiger partial charge in [-0.2, -0.15) is 0 Å². The Morgan fingerprint density at radius 3 is 2.38 bits per heavy atom. The Balaban J connectivity index is 2.38. The van der Waals surface area contributed by atoms with Crippen molar-refractivity contribution in [2.75, 3.05) is 20.1 Å². The topological polar surface area (TPSA) is 32.3 Å². The molecule has 1 aliphatic carbocycles. The third kappa shape index (κ3) is 3.48. The molecular weight excluding hydrogens is 200 g/mol. The zero-order valence-corrected chi connectivity index (χ0v) is 11.1. The van der Waals surface area contributed by atoms with E-state index in [1.165, 1.54) is 19.3 Å². The second kappa shape index (κ2) is 6.24. The number of carbonyl (C=O) groups is 1. The van der Waals surface area contributed by atoms with Gasteiger partial charge in [0, 0.05) is 19.6 Å². The summed E-state index contributed by atoms with van der Waals surface area (Å²) in [4.78, 5) is 13.5. The van der Waals surface area contributed by atoms with Crippen LogP contribution in [0.4, 0.5) is 0 Å². The second-order valence-corrected chi connectivity index (χ2v) is 5.20. The standard InChI is InChI=1S/C13H26N2O/c1-5-15(4)12(16)9-14-13-10(2)7-6-8-11(13)3/h10-11,13-14H,5-9H2,1-4H3. The van der Waals surface area contributed by atoms with Crippen LogP contribution < -0.4 is 5.32 Å². The van der Waals surface area contributed by atoms with Gasteiger partial charge in [-0.05, 0) is 31.6 Å². The molecule has 0 aromatic carbocycles. The largest absolute Gasteiger partial charge is 0.345 e. The van der Waals surface area contributed by atoms with E-state index >= 15 is 0 Å². The summed E-state index contributed by atoms with van der Waals surface area (Å²) in [6.07, 6.45) is 3.92. The lowest BCUT2D eigenvalue weighted by atomic mass is 9.79. The number of hydrogen-bond donors (Lipinski definition) is 1. The van der Waals surface area contributed by atoms with Crippen LogP contribution in [0, 0.1) is 11.8 Å². The van der Waals surface area contributed by atoms with Crippen molar-refractivity contribution in [1.82, 2.24) is 10.2 Å². The van der Waals surface area contributed by atoms with Crippen LogP contribution in [0.3, 0.4) is 0 Å². The van der Waals surface area contributed by atoms with Crippen molar-refractivity contribution < 1.29 is 4.79 Å². The summed E-state index contributed by atoms with van der Waals surface area (Å²) in [6, 6.07) is 0.517. The molecule has 1 rings (SSSR count). The van der Waals surface area contributed by atoms with Crippen LogP contribution in [0.25, 0.3) is 0 Å². The van der Waals surface area contributed by atoms with Crippen LogP contribution in [-0.2, 0) is 4.79 Å². The van der Waals surface area contributed by atoms with Crippen molar-refractivity contribution in [2.45, 2.75) is 46.1 Å². The number of hydrogen-bond acceptors (Lipinski definition) is 2. The number of rotatable bonds is 4. The molecule has 2 atom stereocenters. The molecule has 0 bridgehead atoms. The molecule has 1 saturated carbocycles. The Labute approximate surface area is 99.6 Å². The van der Waals surface area contributed by atoms with Crippen LogP contribution in [0.2, 0.25) is 0 Å². The molecule has 0 spiro atoms. The van der Waals surface area contributed by atoms with Gasteiger partial charge in [-0.15, -0.1) is 0 Å². The van der Waals surface area contributed by atoms with Crippen molar-refractivity contribution >= 4 is 5.91 Å². The van der Waals surface area contributed by atoms with E-state index in [4.69, 9.17) is 0 Å². The molecule has 0 aromatic heterocycles. The van der Waals surface area contributed by atoms with Gasteiger partial charge in [0.05, 0.1) is 6.54 Å². The van der Waals surface area contributed by atoms with Crippen molar-refractivity contribution in [3.63, 3.8) is 0 Å². The lowest BCUT2D eigenvalue weighted by Crippen LogP contribution is -2.47. The summed E-state index contributed by atoms with van der Waals surface area (Å²) >= 11 is 0. The minimum atomic E-state index is 0.201. The fourth-order valence-electron chi connectivity index (χ4n) is 2.60. The third-order valence-corrected chi connectivity index (χ3v) is 3.93. The summed E-state index contributed by atoms with van der Waals surface area (Å²) < 4.78 is 0. The first-order valence-electron chi connectivity index (χ1n) is 6.53. The zero-order chi connectivity index (χ0) is 12.1. The fraction of sp³-hybridized carbons (Fsp3) is 0.923. The molecule has 3 nitrogen and oxygen atoms in total. The maximum absolute atomic E-state index is 11.7. The molecule has 1 amide bonds. The molecule has 1 N–H and O–H groups in total. The van der Waals surface area contributed by atoms with Gasteiger partial charge in [0.15, 0.2) is 0 Å². The predicted molar refractivity (Wildman–Crippen MR) is 67.3 cm³/mol. The SMILES string of the molecule is CCN(C)C(=O)CNC1C(C)CCCC1C. The number of likely N-dealkylation sites (N-methyl/N-ethyl adjacent to an activating group) is 1. The smallest absolute Gasteiger partial charge is 0.236 e. The van der Waals surface area contributed by atoms with E-state index in [0.717, 1.165) is 6.54 Å². The molecule has 0 aromatic rings. The molecule has 0 saturated heterocycles. The molecule has 0 heterocycles.